The maximum atomic E-state index is 14.2. The first-order valence-electron chi connectivity index (χ1n) is 31.0. The molecule has 0 fully saturated rings. The molecule has 16 aromatic rings. The number of terminal acetylenes is 1. The summed E-state index contributed by atoms with van der Waals surface area (Å²) in [6, 6.07) is 22.8. The second-order valence-electron chi connectivity index (χ2n) is 24.0. The third kappa shape index (κ3) is 7.25. The van der Waals surface area contributed by atoms with E-state index in [1.165, 1.54) is 18.3 Å². The molecule has 0 bridgehead atoms. The van der Waals surface area contributed by atoms with Gasteiger partial charge in [-0.2, -0.15) is 0 Å². The van der Waals surface area contributed by atoms with E-state index < -0.39 is 0 Å². The van der Waals surface area contributed by atoms with Gasteiger partial charge in [-0.05, 0) is 123 Å². The van der Waals surface area contributed by atoms with E-state index in [0.29, 0.717) is 138 Å². The lowest BCUT2D eigenvalue weighted by molar-refractivity contribution is 0.451. The maximum absolute atomic E-state index is 14.2. The fourth-order valence-corrected chi connectivity index (χ4v) is 17.1. The lowest BCUT2D eigenvalue weighted by atomic mass is 9.86. The molecule has 452 valence electrons. The second kappa shape index (κ2) is 21.0. The summed E-state index contributed by atoms with van der Waals surface area (Å²) in [5.41, 5.74) is 0.934. The average Bonchev–Trinajstić information content (AvgIpc) is 1.62. The normalized spacial score (nSPS) is 12.8. The highest BCUT2D eigenvalue weighted by Gasteiger charge is 2.33. The van der Waals surface area contributed by atoms with Crippen LogP contribution in [-0.2, 0) is 6.54 Å². The largest absolute Gasteiger partial charge is 0.341 e. The van der Waals surface area contributed by atoms with Gasteiger partial charge in [0, 0.05) is 164 Å². The number of aryl methyl sites for hydroxylation is 1. The van der Waals surface area contributed by atoms with Crippen LogP contribution in [0.2, 0.25) is 0 Å². The molecule has 0 radical (unpaired) electrons. The zero-order chi connectivity index (χ0) is 63.0. The molecule has 6 heterocycles. The Morgan fingerprint density at radius 1 is 0.337 bits per heavy atom. The monoisotopic (exact) mass is 1380 g/mol. The van der Waals surface area contributed by atoms with Crippen molar-refractivity contribution in [3.05, 3.63) is 154 Å². The molecule has 14 nitrogen and oxygen atoms in total. The van der Waals surface area contributed by atoms with Crippen LogP contribution in [0.25, 0.3) is 151 Å². The van der Waals surface area contributed by atoms with E-state index >= 15 is 0 Å². The smallest absolute Gasteiger partial charge is 0.261 e. The van der Waals surface area contributed by atoms with Gasteiger partial charge in [0.15, 0.2) is 0 Å². The molecule has 0 saturated carbocycles. The number of nitrogens with zero attached hydrogens (tertiary/aromatic N) is 6. The van der Waals surface area contributed by atoms with Crippen LogP contribution in [0.1, 0.15) is 141 Å². The molecule has 0 amide bonds. The van der Waals surface area contributed by atoms with Crippen molar-refractivity contribution in [2.45, 2.75) is 144 Å². The summed E-state index contributed by atoms with van der Waals surface area (Å²) < 4.78 is 10.3. The van der Waals surface area contributed by atoms with Crippen LogP contribution in [-0.4, -0.2) is 27.4 Å². The standard InChI is InChI=1S/C36H28BrN3O4.C36H33N3O4.Br2.2H2/c1-6-16(7-2)39-33(41)19-12-11-18-28-23(37)13-20-27-22(36(44)40(34(20)42)17(8-3)9-4)15-25-31(32(27)28)30-24(38(25)10-5)14-21(35(39)43)26(19)29(18)30;1-6-17(7-2)38-33(40)21-13-11-19-20-12-14-22-28-24(36(43)39(34(22)41)18(8-3)9-4)16-26-32(30(20)28)31-25(37(26)10-5)15-23(35(38)42)27(21)29(19)31;1-2;;/h5,11-17H,6-9H2,1-4H3;11-18H,6-10H2,1-5H3;;2*1H. The third-order valence-corrected chi connectivity index (χ3v) is 21.1. The first-order valence-corrected chi connectivity index (χ1v) is 35.5. The van der Waals surface area contributed by atoms with Crippen LogP contribution in [0.5, 0.6) is 0 Å². The van der Waals surface area contributed by atoms with E-state index in [9.17, 15) is 38.4 Å². The molecular weight excluding hydrogens is 1320 g/mol. The van der Waals surface area contributed by atoms with Gasteiger partial charge in [-0.1, -0.05) is 95.9 Å². The highest BCUT2D eigenvalue weighted by atomic mass is 80.9. The Morgan fingerprint density at radius 2 is 0.596 bits per heavy atom. The molecule has 0 unspecified atom stereocenters. The summed E-state index contributed by atoms with van der Waals surface area (Å²) in [5, 5.41) is 17.3. The Kier molecular flexibility index (Phi) is 13.9. The van der Waals surface area contributed by atoms with Gasteiger partial charge in [0.25, 0.3) is 44.5 Å². The number of pyridine rings is 4. The molecule has 0 saturated heterocycles. The zero-order valence-corrected chi connectivity index (χ0v) is 55.4. The van der Waals surface area contributed by atoms with E-state index in [1.807, 2.05) is 122 Å². The van der Waals surface area contributed by atoms with Gasteiger partial charge >= 0.3 is 0 Å². The van der Waals surface area contributed by atoms with Crippen molar-refractivity contribution < 1.29 is 2.85 Å². The first kappa shape index (κ1) is 58.6. The number of halogens is 3. The van der Waals surface area contributed by atoms with Crippen LogP contribution in [0.15, 0.2) is 110 Å². The quantitative estimate of drug-likeness (QED) is 0.0625. The Labute approximate surface area is 533 Å². The first-order chi connectivity index (χ1) is 43.0. The highest BCUT2D eigenvalue weighted by molar-refractivity contribution is 9.93. The van der Waals surface area contributed by atoms with Crippen LogP contribution >= 0.6 is 44.2 Å². The van der Waals surface area contributed by atoms with E-state index in [4.69, 9.17) is 6.42 Å². The number of hydrogen-bond acceptors (Lipinski definition) is 8. The van der Waals surface area contributed by atoms with Gasteiger partial charge in [0.05, 0.1) is 43.6 Å². The van der Waals surface area contributed by atoms with Gasteiger partial charge in [-0.25, -0.2) is 0 Å². The predicted molar refractivity (Wildman–Crippen MR) is 384 cm³/mol. The van der Waals surface area contributed by atoms with Crippen LogP contribution in [0.4, 0.5) is 0 Å². The van der Waals surface area contributed by atoms with Crippen molar-refractivity contribution in [2.24, 2.45) is 0 Å². The Balaban J connectivity index is 0.000000168. The van der Waals surface area contributed by atoms with Crippen molar-refractivity contribution >= 4 is 196 Å². The molecular formula is C72H65Br3N6O8. The van der Waals surface area contributed by atoms with Gasteiger partial charge < -0.3 is 4.57 Å². The summed E-state index contributed by atoms with van der Waals surface area (Å²) in [7, 11) is 0. The van der Waals surface area contributed by atoms with Gasteiger partial charge in [0.1, 0.15) is 0 Å². The Bertz CT molecular complexity index is 6010. The maximum Gasteiger partial charge on any atom is 0.261 e. The minimum Gasteiger partial charge on any atom is -0.341 e. The molecule has 0 aliphatic rings. The highest BCUT2D eigenvalue weighted by Crippen LogP contribution is 2.52. The number of hydrogen-bond donors (Lipinski definition) is 0. The fraction of sp³-hybridized carbons (Fsp3) is 0.306. The number of benzene rings is 10. The summed E-state index contributed by atoms with van der Waals surface area (Å²) in [6.45, 7) is 18.7. The Morgan fingerprint density at radius 3 is 0.921 bits per heavy atom. The van der Waals surface area contributed by atoms with Crippen molar-refractivity contribution in [1.29, 1.82) is 0 Å². The summed E-state index contributed by atoms with van der Waals surface area (Å²) in [6.07, 6.45) is 11.6. The molecule has 6 aromatic heterocycles. The number of aromatic nitrogens is 6. The van der Waals surface area contributed by atoms with Crippen molar-refractivity contribution in [3.63, 3.8) is 0 Å². The van der Waals surface area contributed by atoms with Crippen LogP contribution in [0, 0.1) is 12.5 Å². The van der Waals surface area contributed by atoms with Crippen LogP contribution < -0.4 is 44.5 Å². The SMILES string of the molecule is BrBr.C#Cn1c2cc3c(=O)n(C(CC)CC)c(=O)c4ccc5c6c(Br)cc7c(=O)n(C(CC)CC)c(=O)c8cc1c(c6c78)c2c5c43.CCC(CC)n1c(=O)c2ccc3c4ccc5c(=O)n(C(CC)CC)c(=O)c6cc7c(c4c56)c4c3c2c(cc4n7CC)c1=O.[HH].[HH]. The summed E-state index contributed by atoms with van der Waals surface area (Å²) in [5.74, 6) is 0. The third-order valence-electron chi connectivity index (χ3n) is 20.5. The molecule has 17 heteroatoms. The molecule has 89 heavy (non-hydrogen) atoms. The zero-order valence-electron chi connectivity index (χ0n) is 50.7. The molecule has 0 spiro atoms. The minimum absolute atomic E-state index is 0. The molecule has 0 aliphatic carbocycles. The van der Waals surface area contributed by atoms with Crippen molar-refractivity contribution in [1.82, 2.24) is 27.4 Å². The minimum atomic E-state index is -0.327. The lowest BCUT2D eigenvalue weighted by Crippen LogP contribution is -2.36. The van der Waals surface area contributed by atoms with Crippen molar-refractivity contribution in [3.8, 4) is 12.5 Å². The second-order valence-corrected chi connectivity index (χ2v) is 24.9. The van der Waals surface area contributed by atoms with E-state index in [1.54, 1.807) is 4.57 Å². The van der Waals surface area contributed by atoms with E-state index in [-0.39, 0.29) is 71.5 Å². The van der Waals surface area contributed by atoms with Gasteiger partial charge in [-0.15, -0.1) is 0 Å². The summed E-state index contributed by atoms with van der Waals surface area (Å²) in [4.78, 5) is 112. The number of fused-ring (bicyclic) bond motifs is 2. The van der Waals surface area contributed by atoms with E-state index in [2.05, 4.69) is 61.7 Å². The molecule has 16 rings (SSSR count). The van der Waals surface area contributed by atoms with Gasteiger partial charge in [0.2, 0.25) is 0 Å². The number of rotatable bonds is 13. The molecule has 0 N–H and O–H groups in total. The molecule has 0 atom stereocenters. The average molecular weight is 1380 g/mol. The van der Waals surface area contributed by atoms with Crippen LogP contribution in [0.3, 0.4) is 0 Å². The predicted octanol–water partition coefficient (Wildman–Crippen LogP) is 16.6. The van der Waals surface area contributed by atoms with E-state index in [0.717, 1.165) is 75.7 Å². The van der Waals surface area contributed by atoms with Gasteiger partial charge in [-0.3, -0.25) is 61.2 Å². The Hall–Kier alpha value is -8.04. The fourth-order valence-electron chi connectivity index (χ4n) is 16.4. The summed E-state index contributed by atoms with van der Waals surface area (Å²) >= 11 is 9.30. The molecule has 10 aromatic carbocycles. The van der Waals surface area contributed by atoms with Crippen molar-refractivity contribution in [2.75, 3.05) is 0 Å². The lowest BCUT2D eigenvalue weighted by Gasteiger charge is -2.21. The topological polar surface area (TPSA) is 166 Å². The molecule has 0 aliphatic heterocycles.